The van der Waals surface area contributed by atoms with E-state index in [1.54, 1.807) is 10.6 Å². The predicted molar refractivity (Wildman–Crippen MR) is 128 cm³/mol. The molecule has 0 fully saturated rings. The lowest BCUT2D eigenvalue weighted by Crippen LogP contribution is -2.32. The van der Waals surface area contributed by atoms with Gasteiger partial charge >= 0.3 is 0 Å². The highest BCUT2D eigenvalue weighted by atomic mass is 35.5. The van der Waals surface area contributed by atoms with Crippen molar-refractivity contribution in [1.82, 2.24) is 9.88 Å². The van der Waals surface area contributed by atoms with Crippen molar-refractivity contribution in [2.45, 2.75) is 38.3 Å². The Balaban J connectivity index is 1.63. The first-order chi connectivity index (χ1) is 15.1. The Kier molecular flexibility index (Phi) is 5.39. The zero-order valence-corrected chi connectivity index (χ0v) is 18.3. The molecule has 31 heavy (non-hydrogen) atoms. The molecule has 0 saturated carbocycles. The molecule has 1 aliphatic carbocycles. The third-order valence-electron chi connectivity index (χ3n) is 6.30. The highest BCUT2D eigenvalue weighted by Gasteiger charge is 2.24. The maximum absolute atomic E-state index is 13.6. The van der Waals surface area contributed by atoms with Gasteiger partial charge in [-0.1, -0.05) is 66.2 Å². The maximum atomic E-state index is 13.6. The fourth-order valence-corrected chi connectivity index (χ4v) is 5.08. The van der Waals surface area contributed by atoms with Gasteiger partial charge in [0.1, 0.15) is 0 Å². The largest absolute Gasteiger partial charge is 0.302 e. The van der Waals surface area contributed by atoms with E-state index < -0.39 is 0 Å². The molecule has 0 bridgehead atoms. The van der Waals surface area contributed by atoms with Crippen molar-refractivity contribution in [3.8, 4) is 5.69 Å². The van der Waals surface area contributed by atoms with Gasteiger partial charge in [-0.05, 0) is 67.0 Å². The SMILES string of the molecule is C[C@H](NC1CCCc2ccccc21)c1cc2cccc(Cl)c2c(=O)n1-c1ccccc1. The molecule has 0 spiro atoms. The fourth-order valence-electron chi connectivity index (χ4n) is 4.82. The summed E-state index contributed by atoms with van der Waals surface area (Å²) in [5.41, 5.74) is 4.50. The number of halogens is 1. The zero-order valence-electron chi connectivity index (χ0n) is 17.5. The van der Waals surface area contributed by atoms with Gasteiger partial charge in [-0.25, -0.2) is 0 Å². The molecule has 1 aliphatic rings. The first kappa shape index (κ1) is 20.0. The fraction of sp³-hybridized carbons (Fsp3) is 0.222. The first-order valence-electron chi connectivity index (χ1n) is 10.9. The minimum absolute atomic E-state index is 0.0209. The highest BCUT2D eigenvalue weighted by molar-refractivity contribution is 6.35. The van der Waals surface area contributed by atoms with E-state index in [0.717, 1.165) is 29.6 Å². The molecule has 3 nitrogen and oxygen atoms in total. The van der Waals surface area contributed by atoms with Gasteiger partial charge in [0.05, 0.1) is 10.4 Å². The smallest absolute Gasteiger partial charge is 0.264 e. The molecule has 156 valence electrons. The van der Waals surface area contributed by atoms with E-state index in [9.17, 15) is 4.79 Å². The third-order valence-corrected chi connectivity index (χ3v) is 6.62. The molecule has 4 aromatic rings. The second-order valence-electron chi connectivity index (χ2n) is 8.28. The molecule has 0 saturated heterocycles. The molecule has 0 aliphatic heterocycles. The lowest BCUT2D eigenvalue weighted by Gasteiger charge is -2.30. The van der Waals surface area contributed by atoms with Crippen molar-refractivity contribution >= 4 is 22.4 Å². The second-order valence-corrected chi connectivity index (χ2v) is 8.69. The summed E-state index contributed by atoms with van der Waals surface area (Å²) in [6.45, 7) is 2.14. The standard InChI is InChI=1S/C27H25ClN2O/c1-18(29-24-16-8-10-19-9-5-6-14-22(19)24)25-17-20-11-7-15-23(28)26(20)27(31)30(25)21-12-3-2-4-13-21/h2-7,9,11-15,17-18,24,29H,8,10,16H2,1H3/t18-,24?/m0/s1. The quantitative estimate of drug-likeness (QED) is 0.409. The summed E-state index contributed by atoms with van der Waals surface area (Å²) in [4.78, 5) is 13.6. The van der Waals surface area contributed by atoms with Crippen LogP contribution in [0.25, 0.3) is 16.5 Å². The molecular weight excluding hydrogens is 404 g/mol. The number of pyridine rings is 1. The van der Waals surface area contributed by atoms with Crippen LogP contribution in [0, 0.1) is 0 Å². The van der Waals surface area contributed by atoms with Crippen molar-refractivity contribution in [3.63, 3.8) is 0 Å². The average molecular weight is 429 g/mol. The Morgan fingerprint density at radius 3 is 2.61 bits per heavy atom. The molecule has 5 rings (SSSR count). The molecule has 0 amide bonds. The van der Waals surface area contributed by atoms with Crippen LogP contribution in [-0.2, 0) is 6.42 Å². The van der Waals surface area contributed by atoms with E-state index in [0.29, 0.717) is 10.4 Å². The van der Waals surface area contributed by atoms with Crippen LogP contribution in [0.4, 0.5) is 0 Å². The topological polar surface area (TPSA) is 34.0 Å². The molecule has 0 radical (unpaired) electrons. The number of benzene rings is 3. The van der Waals surface area contributed by atoms with Gasteiger partial charge in [0, 0.05) is 23.5 Å². The van der Waals surface area contributed by atoms with Crippen LogP contribution in [-0.4, -0.2) is 4.57 Å². The van der Waals surface area contributed by atoms with E-state index >= 15 is 0 Å². The lowest BCUT2D eigenvalue weighted by atomic mass is 9.87. The van der Waals surface area contributed by atoms with Gasteiger partial charge in [0.15, 0.2) is 0 Å². The number of hydrogen-bond donors (Lipinski definition) is 1. The summed E-state index contributed by atoms with van der Waals surface area (Å²) in [7, 11) is 0. The van der Waals surface area contributed by atoms with Gasteiger partial charge in [-0.3, -0.25) is 9.36 Å². The number of aromatic nitrogens is 1. The second kappa shape index (κ2) is 8.33. The van der Waals surface area contributed by atoms with Crippen LogP contribution < -0.4 is 10.9 Å². The van der Waals surface area contributed by atoms with Gasteiger partial charge in [0.25, 0.3) is 5.56 Å². The minimum atomic E-state index is -0.0815. The molecule has 2 atom stereocenters. The number of aryl methyl sites for hydroxylation is 1. The van der Waals surface area contributed by atoms with Gasteiger partial charge in [-0.2, -0.15) is 0 Å². The van der Waals surface area contributed by atoms with Crippen molar-refractivity contribution in [2.75, 3.05) is 0 Å². The Bertz CT molecular complexity index is 1300. The summed E-state index contributed by atoms with van der Waals surface area (Å²) < 4.78 is 1.81. The number of nitrogens with one attached hydrogen (secondary N) is 1. The van der Waals surface area contributed by atoms with Gasteiger partial charge < -0.3 is 5.32 Å². The summed E-state index contributed by atoms with van der Waals surface area (Å²) in [5.74, 6) is 0. The Hall–Kier alpha value is -2.88. The van der Waals surface area contributed by atoms with Crippen molar-refractivity contribution in [2.24, 2.45) is 0 Å². The van der Waals surface area contributed by atoms with Crippen LogP contribution in [0.15, 0.2) is 83.7 Å². The molecule has 1 unspecified atom stereocenters. The molecule has 1 N–H and O–H groups in total. The normalized spacial score (nSPS) is 16.8. The van der Waals surface area contributed by atoms with Gasteiger partial charge in [-0.15, -0.1) is 0 Å². The van der Waals surface area contributed by atoms with E-state index in [1.807, 2.05) is 42.5 Å². The first-order valence-corrected chi connectivity index (χ1v) is 11.2. The van der Waals surface area contributed by atoms with Crippen LogP contribution in [0.5, 0.6) is 0 Å². The minimum Gasteiger partial charge on any atom is -0.302 e. The van der Waals surface area contributed by atoms with E-state index in [2.05, 4.69) is 42.6 Å². The Labute approximate surface area is 187 Å². The van der Waals surface area contributed by atoms with Crippen LogP contribution in [0.2, 0.25) is 5.02 Å². The van der Waals surface area contributed by atoms with Crippen molar-refractivity contribution in [1.29, 1.82) is 0 Å². The third kappa shape index (κ3) is 3.69. The number of rotatable bonds is 4. The number of para-hydroxylation sites is 1. The Morgan fingerprint density at radius 1 is 1.00 bits per heavy atom. The summed E-state index contributed by atoms with van der Waals surface area (Å²) in [6.07, 6.45) is 3.39. The highest BCUT2D eigenvalue weighted by Crippen LogP contribution is 2.32. The lowest BCUT2D eigenvalue weighted by molar-refractivity contribution is 0.407. The predicted octanol–water partition coefficient (Wildman–Crippen LogP) is 6.37. The summed E-state index contributed by atoms with van der Waals surface area (Å²) in [5, 5.41) is 5.74. The van der Waals surface area contributed by atoms with Crippen LogP contribution in [0.1, 0.15) is 48.7 Å². The molecule has 3 aromatic carbocycles. The molecule has 1 aromatic heterocycles. The summed E-state index contributed by atoms with van der Waals surface area (Å²) in [6, 6.07) is 26.5. The van der Waals surface area contributed by atoms with E-state index in [1.165, 1.54) is 17.5 Å². The van der Waals surface area contributed by atoms with E-state index in [-0.39, 0.29) is 17.6 Å². The maximum Gasteiger partial charge on any atom is 0.264 e. The van der Waals surface area contributed by atoms with E-state index in [4.69, 9.17) is 11.6 Å². The van der Waals surface area contributed by atoms with Crippen LogP contribution in [0.3, 0.4) is 0 Å². The molecule has 1 heterocycles. The average Bonchev–Trinajstić information content (AvgIpc) is 2.79. The number of fused-ring (bicyclic) bond motifs is 2. The monoisotopic (exact) mass is 428 g/mol. The number of nitrogens with zero attached hydrogens (tertiary/aromatic N) is 1. The van der Waals surface area contributed by atoms with Crippen molar-refractivity contribution < 1.29 is 0 Å². The van der Waals surface area contributed by atoms with Crippen molar-refractivity contribution in [3.05, 3.63) is 111 Å². The number of hydrogen-bond acceptors (Lipinski definition) is 2. The zero-order chi connectivity index (χ0) is 21.4. The van der Waals surface area contributed by atoms with Crippen LogP contribution >= 0.6 is 11.6 Å². The molecular formula is C27H25ClN2O. The van der Waals surface area contributed by atoms with Gasteiger partial charge in [0.2, 0.25) is 0 Å². The summed E-state index contributed by atoms with van der Waals surface area (Å²) >= 11 is 6.44. The Morgan fingerprint density at radius 2 is 1.77 bits per heavy atom. The molecule has 4 heteroatoms.